The van der Waals surface area contributed by atoms with Gasteiger partial charge in [0.25, 0.3) is 11.5 Å². The van der Waals surface area contributed by atoms with Crippen LogP contribution in [0, 0.1) is 13.8 Å². The summed E-state index contributed by atoms with van der Waals surface area (Å²) in [7, 11) is 1.78. The van der Waals surface area contributed by atoms with Gasteiger partial charge in [0.15, 0.2) is 0 Å². The molecule has 1 heterocycles. The van der Waals surface area contributed by atoms with E-state index in [1.165, 1.54) is 16.4 Å². The summed E-state index contributed by atoms with van der Waals surface area (Å²) in [5, 5.41) is 5.65. The Labute approximate surface area is 207 Å². The van der Waals surface area contributed by atoms with Crippen LogP contribution in [0.4, 0.5) is 11.4 Å². The molecule has 0 saturated heterocycles. The normalized spacial score (nSPS) is 10.7. The van der Waals surface area contributed by atoms with Crippen LogP contribution in [0.1, 0.15) is 21.6 Å². The zero-order chi connectivity index (χ0) is 24.9. The number of benzene rings is 3. The van der Waals surface area contributed by atoms with Crippen molar-refractivity contribution in [2.24, 2.45) is 7.05 Å². The number of aryl methyl sites for hydroxylation is 1. The van der Waals surface area contributed by atoms with Crippen molar-refractivity contribution in [1.29, 1.82) is 0 Å². The minimum atomic E-state index is -0.282. The molecule has 0 fully saturated rings. The summed E-state index contributed by atoms with van der Waals surface area (Å²) < 4.78 is 3.25. The first-order valence-corrected chi connectivity index (χ1v) is 12.1. The minimum absolute atomic E-state index is 0.120. The number of carbonyl (C=O) groups excluding carboxylic acids is 2. The third kappa shape index (κ3) is 5.55. The monoisotopic (exact) mass is 486 g/mol. The van der Waals surface area contributed by atoms with Gasteiger partial charge >= 0.3 is 0 Å². The van der Waals surface area contributed by atoms with E-state index in [0.717, 1.165) is 16.1 Å². The van der Waals surface area contributed by atoms with Gasteiger partial charge in [0.2, 0.25) is 5.91 Å². The van der Waals surface area contributed by atoms with Crippen molar-refractivity contribution in [3.05, 3.63) is 106 Å². The van der Waals surface area contributed by atoms with Crippen LogP contribution in [-0.4, -0.2) is 26.9 Å². The molecule has 2 amide bonds. The molecule has 7 nitrogen and oxygen atoms in total. The average molecular weight is 487 g/mol. The van der Waals surface area contributed by atoms with E-state index in [2.05, 4.69) is 10.6 Å². The molecular weight excluding hydrogens is 460 g/mol. The Morgan fingerprint density at radius 2 is 1.60 bits per heavy atom. The van der Waals surface area contributed by atoms with Gasteiger partial charge in [-0.15, -0.1) is 11.8 Å². The maximum Gasteiger partial charge on any atom is 0.295 e. The predicted molar refractivity (Wildman–Crippen MR) is 141 cm³/mol. The summed E-state index contributed by atoms with van der Waals surface area (Å²) in [5.41, 5.74) is 3.68. The van der Waals surface area contributed by atoms with Crippen LogP contribution in [0.25, 0.3) is 5.69 Å². The first kappa shape index (κ1) is 24.1. The van der Waals surface area contributed by atoms with E-state index in [-0.39, 0.29) is 28.8 Å². The molecule has 0 aliphatic heterocycles. The van der Waals surface area contributed by atoms with E-state index in [1.54, 1.807) is 36.9 Å². The number of hydrogen-bond acceptors (Lipinski definition) is 4. The summed E-state index contributed by atoms with van der Waals surface area (Å²) in [4.78, 5) is 39.0. The fourth-order valence-electron chi connectivity index (χ4n) is 3.61. The number of rotatable bonds is 7. The highest BCUT2D eigenvalue weighted by Gasteiger charge is 2.18. The molecule has 4 rings (SSSR count). The Morgan fingerprint density at radius 3 is 2.31 bits per heavy atom. The van der Waals surface area contributed by atoms with Crippen molar-refractivity contribution in [3.63, 3.8) is 0 Å². The van der Waals surface area contributed by atoms with Crippen LogP contribution >= 0.6 is 11.8 Å². The van der Waals surface area contributed by atoms with Crippen molar-refractivity contribution in [2.75, 3.05) is 16.4 Å². The van der Waals surface area contributed by atoms with E-state index in [9.17, 15) is 14.4 Å². The van der Waals surface area contributed by atoms with Gasteiger partial charge in [0.1, 0.15) is 5.69 Å². The van der Waals surface area contributed by atoms with E-state index in [0.29, 0.717) is 16.9 Å². The van der Waals surface area contributed by atoms with Crippen molar-refractivity contribution in [1.82, 2.24) is 9.36 Å². The third-order valence-electron chi connectivity index (χ3n) is 5.59. The van der Waals surface area contributed by atoms with Crippen LogP contribution in [0.2, 0.25) is 0 Å². The summed E-state index contributed by atoms with van der Waals surface area (Å²) in [6, 6.07) is 23.9. The Morgan fingerprint density at radius 1 is 0.886 bits per heavy atom. The summed E-state index contributed by atoms with van der Waals surface area (Å²) in [6.45, 7) is 3.76. The van der Waals surface area contributed by atoms with Crippen molar-refractivity contribution in [3.8, 4) is 5.69 Å². The van der Waals surface area contributed by atoms with E-state index < -0.39 is 0 Å². The fraction of sp³-hybridized carbons (Fsp3) is 0.148. The molecule has 3 aromatic carbocycles. The first-order valence-electron chi connectivity index (χ1n) is 11.1. The summed E-state index contributed by atoms with van der Waals surface area (Å²) in [6.07, 6.45) is 0. The molecule has 0 saturated carbocycles. The second-order valence-electron chi connectivity index (χ2n) is 8.12. The minimum Gasteiger partial charge on any atom is -0.322 e. The molecule has 1 aromatic heterocycles. The van der Waals surface area contributed by atoms with Crippen LogP contribution in [-0.2, 0) is 11.8 Å². The molecule has 0 spiro atoms. The van der Waals surface area contributed by atoms with E-state index in [1.807, 2.05) is 67.6 Å². The lowest BCUT2D eigenvalue weighted by Crippen LogP contribution is -2.23. The van der Waals surface area contributed by atoms with Crippen LogP contribution in [0.3, 0.4) is 0 Å². The highest BCUT2D eigenvalue weighted by atomic mass is 32.2. The number of nitrogens with one attached hydrogen (secondary N) is 2. The second kappa shape index (κ2) is 10.5. The van der Waals surface area contributed by atoms with Gasteiger partial charge in [0, 0.05) is 23.2 Å². The SMILES string of the molecule is Cc1ccc(C(=O)Nc2cccc(SCC(=O)Nc3c(C)n(C)n(-c4ccccc4)c3=O)c2)cc1. The highest BCUT2D eigenvalue weighted by Crippen LogP contribution is 2.23. The average Bonchev–Trinajstić information content (AvgIpc) is 3.07. The number of para-hydroxylation sites is 1. The lowest BCUT2D eigenvalue weighted by Gasteiger charge is -2.08. The molecular formula is C27H26N4O3S. The Kier molecular flexibility index (Phi) is 7.22. The maximum atomic E-state index is 13.0. The number of carbonyl (C=O) groups is 2. The summed E-state index contributed by atoms with van der Waals surface area (Å²) in [5.74, 6) is -0.358. The quantitative estimate of drug-likeness (QED) is 0.368. The van der Waals surface area contributed by atoms with Gasteiger partial charge in [-0.3, -0.25) is 19.1 Å². The molecule has 4 aromatic rings. The number of thioether (sulfide) groups is 1. The van der Waals surface area contributed by atoms with Gasteiger partial charge < -0.3 is 10.6 Å². The number of aromatic nitrogens is 2. The third-order valence-corrected chi connectivity index (χ3v) is 6.59. The highest BCUT2D eigenvalue weighted by molar-refractivity contribution is 8.00. The van der Waals surface area contributed by atoms with Gasteiger partial charge in [-0.1, -0.05) is 42.0 Å². The molecule has 0 aliphatic rings. The van der Waals surface area contributed by atoms with Crippen LogP contribution in [0.15, 0.2) is 88.6 Å². The van der Waals surface area contributed by atoms with Crippen molar-refractivity contribution in [2.45, 2.75) is 18.7 Å². The number of nitrogens with zero attached hydrogens (tertiary/aromatic N) is 2. The summed E-state index contributed by atoms with van der Waals surface area (Å²) >= 11 is 1.33. The molecule has 8 heteroatoms. The molecule has 0 atom stereocenters. The van der Waals surface area contributed by atoms with Crippen molar-refractivity contribution >= 4 is 35.0 Å². The smallest absolute Gasteiger partial charge is 0.295 e. The zero-order valence-electron chi connectivity index (χ0n) is 19.7. The topological polar surface area (TPSA) is 85.1 Å². The Balaban J connectivity index is 1.40. The molecule has 2 N–H and O–H groups in total. The molecule has 0 unspecified atom stereocenters. The standard InChI is InChI=1S/C27H26N4O3S/c1-18-12-14-20(15-13-18)26(33)28-21-8-7-11-23(16-21)35-17-24(32)29-25-19(2)30(3)31(27(25)34)22-9-5-4-6-10-22/h4-16H,17H2,1-3H3,(H,28,33)(H,29,32). The molecule has 0 radical (unpaired) electrons. The molecule has 0 aliphatic carbocycles. The predicted octanol–water partition coefficient (Wildman–Crippen LogP) is 4.78. The number of hydrogen-bond donors (Lipinski definition) is 2. The fourth-order valence-corrected chi connectivity index (χ4v) is 4.36. The molecule has 0 bridgehead atoms. The van der Waals surface area contributed by atoms with Crippen molar-refractivity contribution < 1.29 is 9.59 Å². The lowest BCUT2D eigenvalue weighted by atomic mass is 10.1. The molecule has 178 valence electrons. The Bertz CT molecular complexity index is 1420. The molecule has 35 heavy (non-hydrogen) atoms. The van der Waals surface area contributed by atoms with Gasteiger partial charge in [-0.2, -0.15) is 0 Å². The van der Waals surface area contributed by atoms with Gasteiger partial charge in [0.05, 0.1) is 17.1 Å². The maximum absolute atomic E-state index is 13.0. The lowest BCUT2D eigenvalue weighted by molar-refractivity contribution is -0.113. The van der Waals surface area contributed by atoms with Gasteiger partial charge in [-0.25, -0.2) is 4.68 Å². The Hall–Kier alpha value is -4.04. The first-order chi connectivity index (χ1) is 16.8. The van der Waals surface area contributed by atoms with E-state index >= 15 is 0 Å². The zero-order valence-corrected chi connectivity index (χ0v) is 20.6. The number of amides is 2. The number of anilines is 2. The van der Waals surface area contributed by atoms with Crippen LogP contribution < -0.4 is 16.2 Å². The largest absolute Gasteiger partial charge is 0.322 e. The van der Waals surface area contributed by atoms with E-state index in [4.69, 9.17) is 0 Å². The second-order valence-corrected chi connectivity index (χ2v) is 9.17. The van der Waals surface area contributed by atoms with Crippen LogP contribution in [0.5, 0.6) is 0 Å². The van der Waals surface area contributed by atoms with Gasteiger partial charge in [-0.05, 0) is 56.3 Å².